The second-order valence-corrected chi connectivity index (χ2v) is 7.43. The lowest BCUT2D eigenvalue weighted by atomic mass is 9.88. The fourth-order valence-corrected chi connectivity index (χ4v) is 4.80. The predicted molar refractivity (Wildman–Crippen MR) is 78.6 cm³/mol. The van der Waals surface area contributed by atoms with E-state index in [0.717, 1.165) is 17.8 Å². The third kappa shape index (κ3) is 3.01. The van der Waals surface area contributed by atoms with E-state index in [9.17, 15) is 0 Å². The summed E-state index contributed by atoms with van der Waals surface area (Å²) >= 11 is 2.05. The van der Waals surface area contributed by atoms with E-state index in [0.29, 0.717) is 4.75 Å². The van der Waals surface area contributed by atoms with Crippen molar-refractivity contribution >= 4 is 11.8 Å². The van der Waals surface area contributed by atoms with Gasteiger partial charge < -0.3 is 5.32 Å². The molecule has 1 nitrogen and oxygen atoms in total. The second-order valence-electron chi connectivity index (χ2n) is 6.16. The van der Waals surface area contributed by atoms with Crippen LogP contribution in [0.15, 0.2) is 0 Å². The molecule has 0 heterocycles. The van der Waals surface area contributed by atoms with Crippen LogP contribution in [-0.2, 0) is 0 Å². The van der Waals surface area contributed by atoms with Gasteiger partial charge in [-0.1, -0.05) is 20.3 Å². The van der Waals surface area contributed by atoms with Gasteiger partial charge >= 0.3 is 0 Å². The number of rotatable bonds is 7. The van der Waals surface area contributed by atoms with Crippen LogP contribution in [0.4, 0.5) is 0 Å². The van der Waals surface area contributed by atoms with E-state index in [1.807, 2.05) is 0 Å². The van der Waals surface area contributed by atoms with Gasteiger partial charge in [0.1, 0.15) is 0 Å². The van der Waals surface area contributed by atoms with Crippen molar-refractivity contribution in [2.45, 2.75) is 57.1 Å². The molecule has 0 aliphatic heterocycles. The third-order valence-electron chi connectivity index (χ3n) is 5.46. The van der Waals surface area contributed by atoms with Crippen LogP contribution in [0.2, 0.25) is 0 Å². The van der Waals surface area contributed by atoms with Gasteiger partial charge in [-0.15, -0.1) is 0 Å². The van der Waals surface area contributed by atoms with Crippen LogP contribution in [0.25, 0.3) is 0 Å². The van der Waals surface area contributed by atoms with Crippen molar-refractivity contribution in [3.63, 3.8) is 0 Å². The lowest BCUT2D eigenvalue weighted by Crippen LogP contribution is -2.39. The number of hydrogen-bond acceptors (Lipinski definition) is 2. The molecule has 0 saturated heterocycles. The Bertz CT molecular complexity index is 229. The summed E-state index contributed by atoms with van der Waals surface area (Å²) in [6, 6.07) is 0. The van der Waals surface area contributed by atoms with Crippen LogP contribution in [0, 0.1) is 17.8 Å². The molecule has 2 heteroatoms. The van der Waals surface area contributed by atoms with Crippen LogP contribution in [0.1, 0.15) is 52.4 Å². The molecule has 17 heavy (non-hydrogen) atoms. The molecular weight excluding hydrogens is 226 g/mol. The van der Waals surface area contributed by atoms with Gasteiger partial charge in [-0.05, 0) is 62.7 Å². The molecule has 1 N–H and O–H groups in total. The summed E-state index contributed by atoms with van der Waals surface area (Å²) in [5.41, 5.74) is 0. The molecule has 2 fully saturated rings. The van der Waals surface area contributed by atoms with Crippen molar-refractivity contribution in [3.05, 3.63) is 0 Å². The largest absolute Gasteiger partial charge is 0.315 e. The molecule has 2 saturated carbocycles. The second kappa shape index (κ2) is 5.97. The molecule has 2 bridgehead atoms. The molecule has 100 valence electrons. The van der Waals surface area contributed by atoms with Gasteiger partial charge in [0.15, 0.2) is 0 Å². The van der Waals surface area contributed by atoms with Crippen molar-refractivity contribution in [1.82, 2.24) is 5.32 Å². The monoisotopic (exact) mass is 255 g/mol. The van der Waals surface area contributed by atoms with Gasteiger partial charge in [-0.3, -0.25) is 0 Å². The van der Waals surface area contributed by atoms with Crippen molar-refractivity contribution in [2.75, 3.05) is 19.3 Å². The van der Waals surface area contributed by atoms with Gasteiger partial charge in [0.05, 0.1) is 0 Å². The first kappa shape index (κ1) is 13.7. The molecule has 0 amide bonds. The summed E-state index contributed by atoms with van der Waals surface area (Å²) in [6.45, 7) is 7.15. The molecule has 0 spiro atoms. The molecule has 0 radical (unpaired) electrons. The first-order valence-electron chi connectivity index (χ1n) is 7.49. The maximum absolute atomic E-state index is 3.79. The Morgan fingerprint density at radius 1 is 1.18 bits per heavy atom. The van der Waals surface area contributed by atoms with Gasteiger partial charge in [-0.2, -0.15) is 11.8 Å². The molecular formula is C15H29NS. The highest BCUT2D eigenvalue weighted by Gasteiger charge is 2.39. The fraction of sp³-hybridized carbons (Fsp3) is 1.00. The van der Waals surface area contributed by atoms with Crippen LogP contribution in [0.3, 0.4) is 0 Å². The molecule has 0 aromatic carbocycles. The first-order valence-corrected chi connectivity index (χ1v) is 8.71. The Hall–Kier alpha value is 0.310. The molecule has 3 unspecified atom stereocenters. The van der Waals surface area contributed by atoms with Gasteiger partial charge in [0.2, 0.25) is 0 Å². The van der Waals surface area contributed by atoms with Crippen molar-refractivity contribution in [1.29, 1.82) is 0 Å². The Labute approximate surface area is 112 Å². The highest BCUT2D eigenvalue weighted by atomic mass is 32.2. The zero-order valence-corrected chi connectivity index (χ0v) is 12.6. The van der Waals surface area contributed by atoms with Crippen molar-refractivity contribution in [3.8, 4) is 0 Å². The minimum absolute atomic E-state index is 0.484. The smallest absolute Gasteiger partial charge is 0.0276 e. The van der Waals surface area contributed by atoms with Crippen molar-refractivity contribution < 1.29 is 0 Å². The topological polar surface area (TPSA) is 12.0 Å². The highest BCUT2D eigenvalue weighted by Crippen LogP contribution is 2.48. The average Bonchev–Trinajstić information content (AvgIpc) is 2.97. The highest BCUT2D eigenvalue weighted by molar-refractivity contribution is 8.00. The summed E-state index contributed by atoms with van der Waals surface area (Å²) in [5.74, 6) is 3.16. The summed E-state index contributed by atoms with van der Waals surface area (Å²) < 4.78 is 0.484. The maximum atomic E-state index is 3.79. The number of hydrogen-bond donors (Lipinski definition) is 1. The minimum Gasteiger partial charge on any atom is -0.315 e. The summed E-state index contributed by atoms with van der Waals surface area (Å²) in [5, 5.41) is 3.79. The van der Waals surface area contributed by atoms with E-state index in [1.54, 1.807) is 6.42 Å². The number of fused-ring (bicyclic) bond motifs is 2. The summed E-state index contributed by atoms with van der Waals surface area (Å²) in [7, 11) is 0. The lowest BCUT2D eigenvalue weighted by molar-refractivity contribution is 0.313. The van der Waals surface area contributed by atoms with E-state index in [-0.39, 0.29) is 0 Å². The fourth-order valence-electron chi connectivity index (χ4n) is 3.97. The molecule has 2 aliphatic rings. The van der Waals surface area contributed by atoms with E-state index < -0.39 is 0 Å². The first-order chi connectivity index (χ1) is 8.23. The number of nitrogens with one attached hydrogen (secondary N) is 1. The van der Waals surface area contributed by atoms with E-state index in [1.165, 1.54) is 45.2 Å². The zero-order valence-electron chi connectivity index (χ0n) is 11.8. The molecule has 2 rings (SSSR count). The standard InChI is InChI=1S/C15H29NS/c1-4-15(5-2,17-3)11-16-10-14-9-12-6-7-13(14)8-12/h12-14,16H,4-11H2,1-3H3. The van der Waals surface area contributed by atoms with Gasteiger partial charge in [-0.25, -0.2) is 0 Å². The average molecular weight is 255 g/mol. The molecule has 0 aromatic heterocycles. The van der Waals surface area contributed by atoms with Crippen molar-refractivity contribution in [2.24, 2.45) is 17.8 Å². The summed E-state index contributed by atoms with van der Waals surface area (Å²) in [6.07, 6.45) is 10.9. The Kier molecular flexibility index (Phi) is 4.82. The SMILES string of the molecule is CCC(CC)(CNCC1CC2CCC1C2)SC. The van der Waals surface area contributed by atoms with Crippen LogP contribution < -0.4 is 5.32 Å². The predicted octanol–water partition coefficient (Wildman–Crippen LogP) is 3.93. The van der Waals surface area contributed by atoms with Crippen LogP contribution in [0.5, 0.6) is 0 Å². The Morgan fingerprint density at radius 2 is 1.94 bits per heavy atom. The Balaban J connectivity index is 1.72. The minimum atomic E-state index is 0.484. The van der Waals surface area contributed by atoms with E-state index >= 15 is 0 Å². The zero-order chi connectivity index (χ0) is 12.3. The molecule has 3 atom stereocenters. The van der Waals surface area contributed by atoms with E-state index in [4.69, 9.17) is 0 Å². The number of thioether (sulfide) groups is 1. The molecule has 2 aliphatic carbocycles. The van der Waals surface area contributed by atoms with E-state index in [2.05, 4.69) is 37.2 Å². The van der Waals surface area contributed by atoms with Gasteiger partial charge in [0.25, 0.3) is 0 Å². The van der Waals surface area contributed by atoms with Crippen LogP contribution in [-0.4, -0.2) is 24.1 Å². The quantitative estimate of drug-likeness (QED) is 0.739. The van der Waals surface area contributed by atoms with Crippen LogP contribution >= 0.6 is 11.8 Å². The van der Waals surface area contributed by atoms with Gasteiger partial charge in [0, 0.05) is 11.3 Å². The molecule has 0 aromatic rings. The normalized spacial score (nSPS) is 32.3. The lowest BCUT2D eigenvalue weighted by Gasteiger charge is -2.31. The summed E-state index contributed by atoms with van der Waals surface area (Å²) in [4.78, 5) is 0. The maximum Gasteiger partial charge on any atom is 0.0276 e. The third-order valence-corrected chi connectivity index (χ3v) is 7.05. The Morgan fingerprint density at radius 3 is 2.41 bits per heavy atom.